The van der Waals surface area contributed by atoms with Crippen molar-refractivity contribution in [2.24, 2.45) is 0 Å². The van der Waals surface area contributed by atoms with Crippen molar-refractivity contribution in [2.75, 3.05) is 25.6 Å². The maximum atomic E-state index is 6.22. The van der Waals surface area contributed by atoms with Crippen LogP contribution in [0, 0.1) is 20.8 Å². The lowest BCUT2D eigenvalue weighted by Gasteiger charge is -2.17. The van der Waals surface area contributed by atoms with Crippen molar-refractivity contribution >= 4 is 23.5 Å². The third-order valence-electron chi connectivity index (χ3n) is 6.59. The van der Waals surface area contributed by atoms with Crippen LogP contribution in [-0.4, -0.2) is 45.8 Å². The van der Waals surface area contributed by atoms with Gasteiger partial charge in [-0.2, -0.15) is 0 Å². The van der Waals surface area contributed by atoms with E-state index in [1.807, 2.05) is 41.9 Å². The minimum absolute atomic E-state index is 0.00271. The maximum Gasteiger partial charge on any atom is 0.140 e. The Kier molecular flexibility index (Phi) is 6.97. The number of rotatable bonds is 9. The molecule has 0 amide bonds. The number of fused-ring (bicyclic) bond motifs is 2. The predicted molar refractivity (Wildman–Crippen MR) is 140 cm³/mol. The van der Waals surface area contributed by atoms with E-state index in [0.29, 0.717) is 19.8 Å². The number of ether oxygens (including phenoxy) is 3. The highest BCUT2D eigenvalue weighted by Gasteiger charge is 2.13. The first-order chi connectivity index (χ1) is 17.5. The van der Waals surface area contributed by atoms with E-state index in [4.69, 9.17) is 14.2 Å². The average molecular weight is 486 g/mol. The first kappa shape index (κ1) is 24.0. The molecule has 5 rings (SSSR count). The van der Waals surface area contributed by atoms with E-state index < -0.39 is 0 Å². The van der Waals surface area contributed by atoms with Crippen molar-refractivity contribution < 1.29 is 14.2 Å². The summed E-state index contributed by atoms with van der Waals surface area (Å²) in [5.74, 6) is 1.59. The Bertz CT molecular complexity index is 1510. The van der Waals surface area contributed by atoms with Crippen LogP contribution >= 0.6 is 0 Å². The number of aryl methyl sites for hydroxylation is 1. The monoisotopic (exact) mass is 485 g/mol. The van der Waals surface area contributed by atoms with Crippen LogP contribution in [0.1, 0.15) is 28.9 Å². The number of benzene rings is 1. The minimum atomic E-state index is 0.00271. The third kappa shape index (κ3) is 4.96. The van der Waals surface area contributed by atoms with Gasteiger partial charge in [0.15, 0.2) is 0 Å². The van der Waals surface area contributed by atoms with E-state index in [1.165, 1.54) is 0 Å². The molecule has 3 aromatic heterocycles. The SMILES string of the molecule is COCCOC1C=c2c(CNc3ccc(Oc4ccn5c(C)cnc5c4)c(C)c3C)ncnc2=CC1. The quantitative estimate of drug-likeness (QED) is 0.364. The molecular formula is C28H31N5O3. The number of hydrogen-bond acceptors (Lipinski definition) is 7. The van der Waals surface area contributed by atoms with Crippen LogP contribution in [0.15, 0.2) is 43.0 Å². The molecule has 1 atom stereocenters. The van der Waals surface area contributed by atoms with Crippen molar-refractivity contribution in [3.63, 3.8) is 0 Å². The fourth-order valence-electron chi connectivity index (χ4n) is 4.37. The molecule has 4 aromatic rings. The molecular weight excluding hydrogens is 454 g/mol. The summed E-state index contributed by atoms with van der Waals surface area (Å²) in [6.45, 7) is 7.92. The molecule has 0 radical (unpaired) electrons. The number of aromatic nitrogens is 4. The molecule has 0 saturated heterocycles. The lowest BCUT2D eigenvalue weighted by Crippen LogP contribution is -2.38. The smallest absolute Gasteiger partial charge is 0.140 e. The highest BCUT2D eigenvalue weighted by molar-refractivity contribution is 5.59. The summed E-state index contributed by atoms with van der Waals surface area (Å²) in [5.41, 5.74) is 6.15. The number of pyridine rings is 1. The molecule has 1 aromatic carbocycles. The van der Waals surface area contributed by atoms with Crippen LogP contribution in [0.3, 0.4) is 0 Å². The van der Waals surface area contributed by atoms with E-state index in [1.54, 1.807) is 13.4 Å². The summed E-state index contributed by atoms with van der Waals surface area (Å²) < 4.78 is 19.3. The molecule has 0 aliphatic heterocycles. The third-order valence-corrected chi connectivity index (χ3v) is 6.59. The van der Waals surface area contributed by atoms with Gasteiger partial charge in [-0.1, -0.05) is 6.08 Å². The second-order valence-corrected chi connectivity index (χ2v) is 8.93. The Morgan fingerprint density at radius 3 is 2.81 bits per heavy atom. The Labute approximate surface area is 210 Å². The van der Waals surface area contributed by atoms with Gasteiger partial charge in [0, 0.05) is 42.2 Å². The first-order valence-corrected chi connectivity index (χ1v) is 12.1. The molecule has 3 heterocycles. The van der Waals surface area contributed by atoms with Crippen molar-refractivity contribution in [3.05, 3.63) is 76.1 Å². The summed E-state index contributed by atoms with van der Waals surface area (Å²) >= 11 is 0. The molecule has 8 heteroatoms. The number of nitrogens with one attached hydrogen (secondary N) is 1. The van der Waals surface area contributed by atoms with Gasteiger partial charge in [0.1, 0.15) is 23.5 Å². The Morgan fingerprint density at radius 2 is 1.94 bits per heavy atom. The van der Waals surface area contributed by atoms with Crippen LogP contribution < -0.4 is 20.6 Å². The van der Waals surface area contributed by atoms with Crippen molar-refractivity contribution in [1.82, 2.24) is 19.4 Å². The lowest BCUT2D eigenvalue weighted by molar-refractivity contribution is 0.0483. The van der Waals surface area contributed by atoms with Gasteiger partial charge >= 0.3 is 0 Å². The molecule has 1 unspecified atom stereocenters. The zero-order chi connectivity index (χ0) is 25.1. The fourth-order valence-corrected chi connectivity index (χ4v) is 4.37. The zero-order valence-corrected chi connectivity index (χ0v) is 21.1. The van der Waals surface area contributed by atoms with Crippen LogP contribution in [0.5, 0.6) is 11.5 Å². The van der Waals surface area contributed by atoms with Gasteiger partial charge in [-0.3, -0.25) is 0 Å². The van der Waals surface area contributed by atoms with Gasteiger partial charge in [0.05, 0.1) is 36.9 Å². The molecule has 0 spiro atoms. The van der Waals surface area contributed by atoms with Gasteiger partial charge < -0.3 is 23.9 Å². The summed E-state index contributed by atoms with van der Waals surface area (Å²) in [5, 5.41) is 5.53. The van der Waals surface area contributed by atoms with Gasteiger partial charge in [-0.05, 0) is 62.6 Å². The van der Waals surface area contributed by atoms with Crippen LogP contribution in [-0.2, 0) is 16.0 Å². The van der Waals surface area contributed by atoms with Crippen LogP contribution in [0.2, 0.25) is 0 Å². The second-order valence-electron chi connectivity index (χ2n) is 8.93. The number of nitrogens with zero attached hydrogens (tertiary/aromatic N) is 4. The Hall–Kier alpha value is -3.75. The van der Waals surface area contributed by atoms with Gasteiger partial charge in [0.2, 0.25) is 0 Å². The largest absolute Gasteiger partial charge is 0.457 e. The Balaban J connectivity index is 1.32. The van der Waals surface area contributed by atoms with E-state index in [0.717, 1.165) is 62.3 Å². The molecule has 1 N–H and O–H groups in total. The van der Waals surface area contributed by atoms with E-state index >= 15 is 0 Å². The number of imidazole rings is 1. The van der Waals surface area contributed by atoms with Gasteiger partial charge in [-0.25, -0.2) is 15.0 Å². The average Bonchev–Trinajstić information content (AvgIpc) is 3.26. The molecule has 0 fully saturated rings. The molecule has 186 valence electrons. The first-order valence-electron chi connectivity index (χ1n) is 12.1. The van der Waals surface area contributed by atoms with Crippen LogP contribution in [0.4, 0.5) is 5.69 Å². The summed E-state index contributed by atoms with van der Waals surface area (Å²) in [6.07, 6.45) is 10.5. The fraction of sp³-hybridized carbons (Fsp3) is 0.321. The Morgan fingerprint density at radius 1 is 1.06 bits per heavy atom. The highest BCUT2D eigenvalue weighted by Crippen LogP contribution is 2.31. The normalized spacial score (nSPS) is 14.7. The highest BCUT2D eigenvalue weighted by atomic mass is 16.5. The number of hydrogen-bond donors (Lipinski definition) is 1. The van der Waals surface area contributed by atoms with Crippen molar-refractivity contribution in [2.45, 2.75) is 39.8 Å². The van der Waals surface area contributed by atoms with E-state index in [9.17, 15) is 0 Å². The molecule has 8 nitrogen and oxygen atoms in total. The van der Waals surface area contributed by atoms with Gasteiger partial charge in [0.25, 0.3) is 0 Å². The summed E-state index contributed by atoms with van der Waals surface area (Å²) in [6, 6.07) is 7.96. The molecule has 1 aliphatic carbocycles. The lowest BCUT2D eigenvalue weighted by atomic mass is 10.1. The van der Waals surface area contributed by atoms with E-state index in [-0.39, 0.29) is 6.10 Å². The summed E-state index contributed by atoms with van der Waals surface area (Å²) in [4.78, 5) is 13.4. The standard InChI is InChI=1S/C28H31N5O3/c1-18-15-30-28-14-22(9-10-33(18)28)36-27-8-7-24(19(2)20(27)3)29-16-26-23-13-21(35-12-11-34-4)5-6-25(23)31-17-32-26/h6-10,13-15,17,21,29H,5,11-12,16H2,1-4H3. The summed E-state index contributed by atoms with van der Waals surface area (Å²) in [7, 11) is 1.68. The number of anilines is 1. The second kappa shape index (κ2) is 10.5. The minimum Gasteiger partial charge on any atom is -0.457 e. The van der Waals surface area contributed by atoms with Crippen molar-refractivity contribution in [1.29, 1.82) is 0 Å². The predicted octanol–water partition coefficient (Wildman–Crippen LogP) is 3.45. The number of methoxy groups -OCH3 is 1. The molecule has 36 heavy (non-hydrogen) atoms. The zero-order valence-electron chi connectivity index (χ0n) is 21.1. The molecule has 0 bridgehead atoms. The van der Waals surface area contributed by atoms with Crippen LogP contribution in [0.25, 0.3) is 17.8 Å². The molecule has 0 saturated carbocycles. The topological polar surface area (TPSA) is 82.8 Å². The molecule has 1 aliphatic rings. The van der Waals surface area contributed by atoms with E-state index in [2.05, 4.69) is 52.3 Å². The maximum absolute atomic E-state index is 6.22. The van der Waals surface area contributed by atoms with Gasteiger partial charge in [-0.15, -0.1) is 0 Å². The van der Waals surface area contributed by atoms with Crippen molar-refractivity contribution in [3.8, 4) is 11.5 Å².